The van der Waals surface area contributed by atoms with Crippen molar-refractivity contribution in [2.24, 2.45) is 5.92 Å². The van der Waals surface area contributed by atoms with Gasteiger partial charge in [0.05, 0.1) is 7.11 Å². The predicted octanol–water partition coefficient (Wildman–Crippen LogP) is 4.41. The summed E-state index contributed by atoms with van der Waals surface area (Å²) in [4.78, 5) is 0. The fraction of sp³-hybridized carbons (Fsp3) is 0.625. The van der Waals surface area contributed by atoms with Crippen molar-refractivity contribution in [2.75, 3.05) is 13.7 Å². The van der Waals surface area contributed by atoms with Crippen LogP contribution < -0.4 is 10.1 Å². The molecule has 0 spiro atoms. The number of hydrogen-bond donors (Lipinski definition) is 1. The number of rotatable bonds is 8. The predicted molar refractivity (Wildman–Crippen MR) is 85.9 cm³/mol. The molecule has 1 unspecified atom stereocenters. The van der Waals surface area contributed by atoms with Crippen LogP contribution in [0.5, 0.6) is 5.75 Å². The van der Waals surface area contributed by atoms with Crippen molar-refractivity contribution >= 4 is 15.9 Å². The fourth-order valence-electron chi connectivity index (χ4n) is 2.67. The molecule has 1 N–H and O–H groups in total. The minimum absolute atomic E-state index is 0.517. The van der Waals surface area contributed by atoms with E-state index < -0.39 is 0 Å². The van der Waals surface area contributed by atoms with E-state index in [1.807, 2.05) is 12.1 Å². The first-order chi connectivity index (χ1) is 9.15. The lowest BCUT2D eigenvalue weighted by molar-refractivity contribution is 0.331. The Labute approximate surface area is 126 Å². The molecule has 2 nitrogen and oxygen atoms in total. The second-order valence-corrected chi connectivity index (χ2v) is 5.82. The average molecular weight is 328 g/mol. The Hall–Kier alpha value is -0.540. The lowest BCUT2D eigenvalue weighted by atomic mass is 9.89. The lowest BCUT2D eigenvalue weighted by Crippen LogP contribution is -2.37. The largest absolute Gasteiger partial charge is 0.496 e. The minimum atomic E-state index is 0.517. The Morgan fingerprint density at radius 2 is 1.89 bits per heavy atom. The zero-order valence-electron chi connectivity index (χ0n) is 12.5. The van der Waals surface area contributed by atoms with E-state index in [-0.39, 0.29) is 0 Å². The SMILES string of the molecule is CCNC(Cc1cc(Br)ccc1OC)C(CC)CC. The third-order valence-corrected chi connectivity index (χ3v) is 4.26. The van der Waals surface area contributed by atoms with E-state index in [9.17, 15) is 0 Å². The molecule has 3 heteroatoms. The van der Waals surface area contributed by atoms with Gasteiger partial charge in [-0.1, -0.05) is 49.5 Å². The summed E-state index contributed by atoms with van der Waals surface area (Å²) < 4.78 is 6.59. The molecule has 0 bridgehead atoms. The zero-order chi connectivity index (χ0) is 14.3. The van der Waals surface area contributed by atoms with Gasteiger partial charge in [0.2, 0.25) is 0 Å². The smallest absolute Gasteiger partial charge is 0.122 e. The first-order valence-electron chi connectivity index (χ1n) is 7.21. The van der Waals surface area contributed by atoms with Gasteiger partial charge in [-0.05, 0) is 42.6 Å². The first-order valence-corrected chi connectivity index (χ1v) is 8.01. The van der Waals surface area contributed by atoms with E-state index in [0.29, 0.717) is 12.0 Å². The van der Waals surface area contributed by atoms with Crippen LogP contribution in [0.2, 0.25) is 0 Å². The third-order valence-electron chi connectivity index (χ3n) is 3.77. The second kappa shape index (κ2) is 8.60. The molecule has 0 aliphatic heterocycles. The molecule has 0 radical (unpaired) electrons. The van der Waals surface area contributed by atoms with Gasteiger partial charge in [0.1, 0.15) is 5.75 Å². The molecule has 1 atom stereocenters. The quantitative estimate of drug-likeness (QED) is 0.763. The summed E-state index contributed by atoms with van der Waals surface area (Å²) in [5, 5.41) is 3.63. The van der Waals surface area contributed by atoms with E-state index in [0.717, 1.165) is 23.2 Å². The normalized spacial score (nSPS) is 12.7. The molecule has 0 heterocycles. The van der Waals surface area contributed by atoms with Gasteiger partial charge in [-0.25, -0.2) is 0 Å². The van der Waals surface area contributed by atoms with Crippen LogP contribution in [-0.4, -0.2) is 19.7 Å². The van der Waals surface area contributed by atoms with Gasteiger partial charge in [0.25, 0.3) is 0 Å². The zero-order valence-corrected chi connectivity index (χ0v) is 14.1. The van der Waals surface area contributed by atoms with Crippen LogP contribution in [0.3, 0.4) is 0 Å². The van der Waals surface area contributed by atoms with Crippen LogP contribution in [-0.2, 0) is 6.42 Å². The molecular formula is C16H26BrNO. The van der Waals surface area contributed by atoms with E-state index >= 15 is 0 Å². The Kier molecular flexibility index (Phi) is 7.47. The van der Waals surface area contributed by atoms with E-state index in [1.165, 1.54) is 18.4 Å². The molecule has 0 saturated carbocycles. The molecule has 19 heavy (non-hydrogen) atoms. The molecule has 1 rings (SSSR count). The molecule has 0 saturated heterocycles. The summed E-state index contributed by atoms with van der Waals surface area (Å²) in [5.41, 5.74) is 1.27. The van der Waals surface area contributed by atoms with Crippen LogP contribution in [0.15, 0.2) is 22.7 Å². The molecule has 0 aliphatic rings. The average Bonchev–Trinajstić information content (AvgIpc) is 2.40. The molecular weight excluding hydrogens is 302 g/mol. The highest BCUT2D eigenvalue weighted by Crippen LogP contribution is 2.26. The highest BCUT2D eigenvalue weighted by Gasteiger charge is 2.19. The van der Waals surface area contributed by atoms with Crippen LogP contribution in [0.25, 0.3) is 0 Å². The highest BCUT2D eigenvalue weighted by atomic mass is 79.9. The summed E-state index contributed by atoms with van der Waals surface area (Å²) in [7, 11) is 1.74. The van der Waals surface area contributed by atoms with E-state index in [4.69, 9.17) is 4.74 Å². The van der Waals surface area contributed by atoms with Gasteiger partial charge in [0.15, 0.2) is 0 Å². The Morgan fingerprint density at radius 1 is 1.21 bits per heavy atom. The number of ether oxygens (including phenoxy) is 1. The maximum Gasteiger partial charge on any atom is 0.122 e. The van der Waals surface area contributed by atoms with Gasteiger partial charge < -0.3 is 10.1 Å². The van der Waals surface area contributed by atoms with Crippen molar-refractivity contribution in [3.05, 3.63) is 28.2 Å². The lowest BCUT2D eigenvalue weighted by Gasteiger charge is -2.27. The van der Waals surface area contributed by atoms with Gasteiger partial charge in [0, 0.05) is 10.5 Å². The number of halogens is 1. The van der Waals surface area contributed by atoms with Gasteiger partial charge >= 0.3 is 0 Å². The second-order valence-electron chi connectivity index (χ2n) is 4.90. The fourth-order valence-corrected chi connectivity index (χ4v) is 3.08. The molecule has 0 aliphatic carbocycles. The number of methoxy groups -OCH3 is 1. The molecule has 0 amide bonds. The summed E-state index contributed by atoms with van der Waals surface area (Å²) in [6, 6.07) is 6.76. The highest BCUT2D eigenvalue weighted by molar-refractivity contribution is 9.10. The van der Waals surface area contributed by atoms with Crippen molar-refractivity contribution in [1.82, 2.24) is 5.32 Å². The van der Waals surface area contributed by atoms with Crippen LogP contribution in [0.4, 0.5) is 0 Å². The Balaban J connectivity index is 2.91. The molecule has 108 valence electrons. The van der Waals surface area contributed by atoms with Crippen molar-refractivity contribution in [3.63, 3.8) is 0 Å². The van der Waals surface area contributed by atoms with Gasteiger partial charge in [-0.15, -0.1) is 0 Å². The molecule has 1 aromatic carbocycles. The number of nitrogens with one attached hydrogen (secondary N) is 1. The van der Waals surface area contributed by atoms with Crippen molar-refractivity contribution in [2.45, 2.75) is 46.1 Å². The van der Waals surface area contributed by atoms with Gasteiger partial charge in [-0.3, -0.25) is 0 Å². The number of likely N-dealkylation sites (N-methyl/N-ethyl adjacent to an activating group) is 1. The van der Waals surface area contributed by atoms with Crippen molar-refractivity contribution < 1.29 is 4.74 Å². The third kappa shape index (κ3) is 4.81. The Morgan fingerprint density at radius 3 is 2.42 bits per heavy atom. The molecule has 0 fully saturated rings. The first kappa shape index (κ1) is 16.5. The van der Waals surface area contributed by atoms with Crippen LogP contribution >= 0.6 is 15.9 Å². The summed E-state index contributed by atoms with van der Waals surface area (Å²) in [6.07, 6.45) is 3.44. The minimum Gasteiger partial charge on any atom is -0.496 e. The van der Waals surface area contributed by atoms with Crippen LogP contribution in [0.1, 0.15) is 39.2 Å². The van der Waals surface area contributed by atoms with Crippen molar-refractivity contribution in [1.29, 1.82) is 0 Å². The summed E-state index contributed by atoms with van der Waals surface area (Å²) >= 11 is 3.55. The molecule has 0 aromatic heterocycles. The molecule has 1 aromatic rings. The Bertz CT molecular complexity index is 377. The monoisotopic (exact) mass is 327 g/mol. The standard InChI is InChI=1S/C16H26BrNO/c1-5-12(6-2)15(18-7-3)11-13-10-14(17)8-9-16(13)19-4/h8-10,12,15,18H,5-7,11H2,1-4H3. The van der Waals surface area contributed by atoms with Gasteiger partial charge in [-0.2, -0.15) is 0 Å². The number of hydrogen-bond acceptors (Lipinski definition) is 2. The van der Waals surface area contributed by atoms with Crippen molar-refractivity contribution in [3.8, 4) is 5.75 Å². The van der Waals surface area contributed by atoms with Crippen LogP contribution in [0, 0.1) is 5.92 Å². The maximum absolute atomic E-state index is 5.48. The summed E-state index contributed by atoms with van der Waals surface area (Å²) in [6.45, 7) is 7.73. The van der Waals surface area contributed by atoms with E-state index in [2.05, 4.69) is 48.1 Å². The maximum atomic E-state index is 5.48. The number of benzene rings is 1. The topological polar surface area (TPSA) is 21.3 Å². The summed E-state index contributed by atoms with van der Waals surface area (Å²) in [5.74, 6) is 1.70. The van der Waals surface area contributed by atoms with E-state index in [1.54, 1.807) is 7.11 Å².